The molecule has 2 aromatic carbocycles. The van der Waals surface area contributed by atoms with Crippen LogP contribution in [0.25, 0.3) is 0 Å². The normalized spacial score (nSPS) is 13.1. The average molecular weight is 412 g/mol. The Morgan fingerprint density at radius 2 is 1.70 bits per heavy atom. The molecule has 3 rings (SSSR count). The monoisotopic (exact) mass is 412 g/mol. The zero-order valence-electron chi connectivity index (χ0n) is 17.8. The van der Waals surface area contributed by atoms with E-state index in [1.54, 1.807) is 18.9 Å². The molecule has 7 nitrogen and oxygen atoms in total. The van der Waals surface area contributed by atoms with Gasteiger partial charge in [0.2, 0.25) is 18.6 Å². The van der Waals surface area contributed by atoms with Crippen LogP contribution in [0.5, 0.6) is 17.2 Å². The first-order valence-electron chi connectivity index (χ1n) is 9.98. The number of carbonyl (C=O) groups is 2. The maximum atomic E-state index is 12.8. The number of fused-ring (bicyclic) bond motifs is 1. The molecule has 2 aromatic rings. The molecular weight excluding hydrogens is 384 g/mol. The van der Waals surface area contributed by atoms with E-state index in [0.717, 1.165) is 16.9 Å². The summed E-state index contributed by atoms with van der Waals surface area (Å²) in [4.78, 5) is 27.3. The van der Waals surface area contributed by atoms with Crippen LogP contribution in [-0.4, -0.2) is 36.7 Å². The second-order valence-electron chi connectivity index (χ2n) is 7.55. The molecule has 1 N–H and O–H groups in total. The van der Waals surface area contributed by atoms with Gasteiger partial charge in [0.15, 0.2) is 11.5 Å². The maximum absolute atomic E-state index is 12.8. The standard InChI is InChI=1S/C23H28N2O5/c1-15(2)23(27)25(13-17-5-8-19(28-4)9-6-17)16(3)22(26)24-12-18-7-10-20-21(11-18)30-14-29-20/h5-11,15-16H,12-14H2,1-4H3,(H,24,26). The molecule has 1 aliphatic rings. The number of amides is 2. The number of nitrogens with zero attached hydrogens (tertiary/aromatic N) is 1. The Bertz CT molecular complexity index is 895. The third kappa shape index (κ3) is 5.03. The highest BCUT2D eigenvalue weighted by Gasteiger charge is 2.27. The zero-order chi connectivity index (χ0) is 21.7. The molecule has 1 aliphatic heterocycles. The summed E-state index contributed by atoms with van der Waals surface area (Å²) in [6.45, 7) is 6.31. The van der Waals surface area contributed by atoms with Gasteiger partial charge < -0.3 is 24.4 Å². The number of carbonyl (C=O) groups excluding carboxylic acids is 2. The van der Waals surface area contributed by atoms with Crippen LogP contribution < -0.4 is 19.5 Å². The van der Waals surface area contributed by atoms with Gasteiger partial charge in [-0.1, -0.05) is 32.0 Å². The summed E-state index contributed by atoms with van der Waals surface area (Å²) in [5.74, 6) is 1.62. The molecule has 0 aliphatic carbocycles. The number of nitrogens with one attached hydrogen (secondary N) is 1. The van der Waals surface area contributed by atoms with Gasteiger partial charge in [0, 0.05) is 19.0 Å². The first kappa shape index (κ1) is 21.5. The first-order valence-corrected chi connectivity index (χ1v) is 9.98. The van der Waals surface area contributed by atoms with Crippen LogP contribution >= 0.6 is 0 Å². The Labute approximate surface area is 176 Å². The minimum atomic E-state index is -0.615. The summed E-state index contributed by atoms with van der Waals surface area (Å²) in [7, 11) is 1.61. The van der Waals surface area contributed by atoms with E-state index in [4.69, 9.17) is 14.2 Å². The van der Waals surface area contributed by atoms with Gasteiger partial charge in [0.05, 0.1) is 7.11 Å². The van der Waals surface area contributed by atoms with Crippen LogP contribution in [0.1, 0.15) is 31.9 Å². The van der Waals surface area contributed by atoms with Gasteiger partial charge in [0.1, 0.15) is 11.8 Å². The highest BCUT2D eigenvalue weighted by Crippen LogP contribution is 2.32. The molecule has 160 valence electrons. The van der Waals surface area contributed by atoms with Gasteiger partial charge in [-0.05, 0) is 42.3 Å². The van der Waals surface area contributed by atoms with Crippen LogP contribution in [0.15, 0.2) is 42.5 Å². The van der Waals surface area contributed by atoms with Crippen LogP contribution in [0.2, 0.25) is 0 Å². The molecular formula is C23H28N2O5. The molecule has 0 spiro atoms. The van der Waals surface area contributed by atoms with Crippen LogP contribution in [0, 0.1) is 5.92 Å². The minimum absolute atomic E-state index is 0.0726. The summed E-state index contributed by atoms with van der Waals surface area (Å²) in [6, 6.07) is 12.4. The van der Waals surface area contributed by atoms with Gasteiger partial charge in [0.25, 0.3) is 0 Å². The Morgan fingerprint density at radius 3 is 2.37 bits per heavy atom. The fourth-order valence-corrected chi connectivity index (χ4v) is 3.19. The fraction of sp³-hybridized carbons (Fsp3) is 0.391. The van der Waals surface area contributed by atoms with E-state index < -0.39 is 6.04 Å². The number of methoxy groups -OCH3 is 1. The van der Waals surface area contributed by atoms with Gasteiger partial charge in [-0.25, -0.2) is 0 Å². The van der Waals surface area contributed by atoms with Crippen molar-refractivity contribution in [3.05, 3.63) is 53.6 Å². The highest BCUT2D eigenvalue weighted by molar-refractivity contribution is 5.88. The molecule has 0 saturated heterocycles. The summed E-state index contributed by atoms with van der Waals surface area (Å²) in [6.07, 6.45) is 0. The van der Waals surface area contributed by atoms with Crippen molar-refractivity contribution in [2.45, 2.75) is 39.9 Å². The van der Waals surface area contributed by atoms with E-state index in [0.29, 0.717) is 24.6 Å². The lowest BCUT2D eigenvalue weighted by atomic mass is 10.1. The lowest BCUT2D eigenvalue weighted by Gasteiger charge is -2.30. The Balaban J connectivity index is 1.67. The Kier molecular flexibility index (Phi) is 6.82. The predicted octanol–water partition coefficient (Wildman–Crippen LogP) is 3.11. The van der Waals surface area contributed by atoms with E-state index in [1.807, 2.05) is 56.3 Å². The van der Waals surface area contributed by atoms with Crippen LogP contribution in [-0.2, 0) is 22.7 Å². The lowest BCUT2D eigenvalue weighted by Crippen LogP contribution is -2.48. The van der Waals surface area contributed by atoms with E-state index in [9.17, 15) is 9.59 Å². The largest absolute Gasteiger partial charge is 0.497 e. The van der Waals surface area contributed by atoms with Crippen molar-refractivity contribution >= 4 is 11.8 Å². The van der Waals surface area contributed by atoms with Crippen molar-refractivity contribution in [2.24, 2.45) is 5.92 Å². The van der Waals surface area contributed by atoms with Crippen molar-refractivity contribution in [3.8, 4) is 17.2 Å². The zero-order valence-corrected chi connectivity index (χ0v) is 17.8. The summed E-state index contributed by atoms with van der Waals surface area (Å²) >= 11 is 0. The molecule has 2 amide bonds. The Hall–Kier alpha value is -3.22. The average Bonchev–Trinajstić information content (AvgIpc) is 3.23. The lowest BCUT2D eigenvalue weighted by molar-refractivity contribution is -0.143. The van der Waals surface area contributed by atoms with Gasteiger partial charge in [-0.15, -0.1) is 0 Å². The van der Waals surface area contributed by atoms with Crippen molar-refractivity contribution in [2.75, 3.05) is 13.9 Å². The smallest absolute Gasteiger partial charge is 0.242 e. The van der Waals surface area contributed by atoms with Crippen molar-refractivity contribution in [1.29, 1.82) is 0 Å². The summed E-state index contributed by atoms with van der Waals surface area (Å²) < 4.78 is 15.9. The van der Waals surface area contributed by atoms with E-state index in [1.165, 1.54) is 0 Å². The minimum Gasteiger partial charge on any atom is -0.497 e. The van der Waals surface area contributed by atoms with Gasteiger partial charge in [-0.2, -0.15) is 0 Å². The van der Waals surface area contributed by atoms with E-state index >= 15 is 0 Å². The molecule has 0 fully saturated rings. The molecule has 30 heavy (non-hydrogen) atoms. The molecule has 0 saturated carbocycles. The maximum Gasteiger partial charge on any atom is 0.242 e. The molecule has 0 bridgehead atoms. The SMILES string of the molecule is COc1ccc(CN(C(=O)C(C)C)C(C)C(=O)NCc2ccc3c(c2)OCO3)cc1. The predicted molar refractivity (Wildman–Crippen MR) is 112 cm³/mol. The van der Waals surface area contributed by atoms with Gasteiger partial charge >= 0.3 is 0 Å². The molecule has 1 heterocycles. The highest BCUT2D eigenvalue weighted by atomic mass is 16.7. The first-order chi connectivity index (χ1) is 14.4. The van der Waals surface area contributed by atoms with E-state index in [2.05, 4.69) is 5.32 Å². The van der Waals surface area contributed by atoms with E-state index in [-0.39, 0.29) is 24.5 Å². The molecule has 0 aromatic heterocycles. The number of ether oxygens (including phenoxy) is 3. The van der Waals surface area contributed by atoms with Crippen LogP contribution in [0.3, 0.4) is 0 Å². The molecule has 1 unspecified atom stereocenters. The van der Waals surface area contributed by atoms with Crippen molar-refractivity contribution in [3.63, 3.8) is 0 Å². The van der Waals surface area contributed by atoms with Crippen LogP contribution in [0.4, 0.5) is 0 Å². The number of hydrogen-bond acceptors (Lipinski definition) is 5. The molecule has 7 heteroatoms. The topological polar surface area (TPSA) is 77.1 Å². The van der Waals surface area contributed by atoms with Gasteiger partial charge in [-0.3, -0.25) is 9.59 Å². The quantitative estimate of drug-likeness (QED) is 0.721. The second-order valence-corrected chi connectivity index (χ2v) is 7.55. The third-order valence-electron chi connectivity index (χ3n) is 5.04. The molecule has 0 radical (unpaired) electrons. The molecule has 1 atom stereocenters. The second kappa shape index (κ2) is 9.52. The number of hydrogen-bond donors (Lipinski definition) is 1. The summed E-state index contributed by atoms with van der Waals surface area (Å²) in [5.41, 5.74) is 1.83. The number of rotatable bonds is 8. The van der Waals surface area contributed by atoms with Crippen molar-refractivity contribution in [1.82, 2.24) is 10.2 Å². The fourth-order valence-electron chi connectivity index (χ4n) is 3.19. The Morgan fingerprint density at radius 1 is 1.03 bits per heavy atom. The number of benzene rings is 2. The summed E-state index contributed by atoms with van der Waals surface area (Å²) in [5, 5.41) is 2.92. The van der Waals surface area contributed by atoms with Crippen molar-refractivity contribution < 1.29 is 23.8 Å². The third-order valence-corrected chi connectivity index (χ3v) is 5.04.